The quantitative estimate of drug-likeness (QED) is 0.403. The lowest BCUT2D eigenvalue weighted by Gasteiger charge is -1.98. The summed E-state index contributed by atoms with van der Waals surface area (Å²) in [4.78, 5) is 14.8. The average Bonchev–Trinajstić information content (AvgIpc) is 3.38. The van der Waals surface area contributed by atoms with Crippen LogP contribution in [0.5, 0.6) is 0 Å². The summed E-state index contributed by atoms with van der Waals surface area (Å²) in [6.07, 6.45) is 7.50. The Morgan fingerprint density at radius 2 is 0.708 bits per heavy atom. The molecule has 0 unspecified atom stereocenters. The van der Waals surface area contributed by atoms with Crippen LogP contribution in [-0.2, 0) is 0 Å². The van der Waals surface area contributed by atoms with Gasteiger partial charge in [-0.1, -0.05) is 24.3 Å². The number of hydrogen-bond donors (Lipinski definition) is 2. The highest BCUT2D eigenvalue weighted by atomic mass is 14.8. The minimum Gasteiger partial charge on any atom is -0.368 e. The van der Waals surface area contributed by atoms with Crippen molar-refractivity contribution in [3.63, 3.8) is 0 Å². The molecular weight excluding hydrogens is 296 g/mol. The van der Waals surface area contributed by atoms with Gasteiger partial charge in [0.25, 0.3) is 0 Å². The maximum atomic E-state index is 4.52. The number of aromatic nitrogens is 4. The van der Waals surface area contributed by atoms with Crippen molar-refractivity contribution in [3.8, 4) is 0 Å². The fourth-order valence-electron chi connectivity index (χ4n) is 2.12. The molecule has 3 heterocycles. The van der Waals surface area contributed by atoms with Gasteiger partial charge in [0.1, 0.15) is 0 Å². The summed E-state index contributed by atoms with van der Waals surface area (Å²) in [5.41, 5.74) is 3.80. The van der Waals surface area contributed by atoms with Crippen LogP contribution >= 0.6 is 0 Å². The summed E-state index contributed by atoms with van der Waals surface area (Å²) in [5.74, 6) is 0. The fourth-order valence-corrected chi connectivity index (χ4v) is 2.12. The first-order valence-corrected chi connectivity index (χ1v) is 7.70. The molecule has 0 radical (unpaired) electrons. The molecule has 0 saturated carbocycles. The molecule has 2 aromatic carbocycles. The van der Waals surface area contributed by atoms with E-state index in [9.17, 15) is 0 Å². The van der Waals surface area contributed by atoms with E-state index in [0.29, 0.717) is 0 Å². The molecule has 118 valence electrons. The molecule has 0 spiro atoms. The summed E-state index contributed by atoms with van der Waals surface area (Å²) in [5, 5.41) is 0. The number of fused-ring (bicyclic) bond motifs is 2. The molecule has 0 aliphatic rings. The van der Waals surface area contributed by atoms with Crippen LogP contribution in [-0.4, -0.2) is 19.9 Å². The Labute approximate surface area is 140 Å². The fraction of sp³-hybridized carbons (Fsp3) is 0. The molecule has 3 aromatic heterocycles. The van der Waals surface area contributed by atoms with Gasteiger partial charge in [0.2, 0.25) is 0 Å². The van der Waals surface area contributed by atoms with Gasteiger partial charge in [-0.25, -0.2) is 9.97 Å². The van der Waals surface area contributed by atoms with Crippen molar-refractivity contribution in [1.29, 1.82) is 0 Å². The van der Waals surface area contributed by atoms with Crippen LogP contribution in [0.2, 0.25) is 0 Å². The van der Waals surface area contributed by atoms with E-state index in [0.717, 1.165) is 22.1 Å². The number of H-pyrrole nitrogens is 2. The Balaban J connectivity index is 0.000000138. The lowest BCUT2D eigenvalue weighted by atomic mass is 10.2. The minimum absolute atomic E-state index is 0.950. The summed E-state index contributed by atoms with van der Waals surface area (Å²) in [6.45, 7) is 0. The molecule has 24 heavy (non-hydrogen) atoms. The van der Waals surface area contributed by atoms with Crippen molar-refractivity contribution in [3.05, 3.63) is 97.6 Å². The van der Waals surface area contributed by atoms with Crippen molar-refractivity contribution in [2.45, 2.75) is 0 Å². The highest BCUT2D eigenvalue weighted by molar-refractivity contribution is 5.85. The van der Waals surface area contributed by atoms with Gasteiger partial charge in [0.15, 0.2) is 0 Å². The molecule has 4 heteroatoms. The molecule has 4 nitrogen and oxygen atoms in total. The zero-order valence-corrected chi connectivity index (χ0v) is 13.1. The number of rotatable bonds is 0. The molecule has 0 amide bonds. The van der Waals surface area contributed by atoms with Crippen LogP contribution in [0.15, 0.2) is 97.6 Å². The minimum atomic E-state index is 0.950. The Bertz CT molecular complexity index is 792. The normalized spacial score (nSPS) is 9.67. The maximum Gasteiger partial charge on any atom is 0.0894 e. The molecule has 0 fully saturated rings. The Morgan fingerprint density at radius 1 is 0.417 bits per heavy atom. The van der Waals surface area contributed by atoms with Crippen LogP contribution in [0.4, 0.5) is 0 Å². The summed E-state index contributed by atoms with van der Waals surface area (Å²) in [6, 6.07) is 23.6. The zero-order valence-electron chi connectivity index (χ0n) is 13.1. The number of benzene rings is 2. The smallest absolute Gasteiger partial charge is 0.0894 e. The van der Waals surface area contributed by atoms with E-state index in [1.54, 1.807) is 0 Å². The molecule has 0 aliphatic heterocycles. The largest absolute Gasteiger partial charge is 0.368 e. The van der Waals surface area contributed by atoms with E-state index >= 15 is 0 Å². The first-order chi connectivity index (χ1) is 11.9. The van der Waals surface area contributed by atoms with Crippen LogP contribution in [0.1, 0.15) is 0 Å². The van der Waals surface area contributed by atoms with Crippen molar-refractivity contribution < 1.29 is 0 Å². The molecule has 0 saturated heterocycles. The van der Waals surface area contributed by atoms with Gasteiger partial charge < -0.3 is 9.97 Å². The summed E-state index contributed by atoms with van der Waals surface area (Å²) < 4.78 is 0. The number of para-hydroxylation sites is 4. The van der Waals surface area contributed by atoms with E-state index in [1.807, 2.05) is 97.6 Å². The predicted molar refractivity (Wildman–Crippen MR) is 98.6 cm³/mol. The van der Waals surface area contributed by atoms with Gasteiger partial charge in [0, 0.05) is 24.8 Å². The monoisotopic (exact) mass is 314 g/mol. The SMILES string of the molecule is c1cc[nH]c1.c1cc[nH]c1.c1ccc2nc3ccccc3nc2c1. The highest BCUT2D eigenvalue weighted by Gasteiger charge is 1.98. The van der Waals surface area contributed by atoms with Crippen molar-refractivity contribution >= 4 is 22.1 Å². The van der Waals surface area contributed by atoms with E-state index in [2.05, 4.69) is 19.9 Å². The highest BCUT2D eigenvalue weighted by Crippen LogP contribution is 2.14. The van der Waals surface area contributed by atoms with Gasteiger partial charge in [-0.15, -0.1) is 0 Å². The summed E-state index contributed by atoms with van der Waals surface area (Å²) in [7, 11) is 0. The molecule has 2 N–H and O–H groups in total. The van der Waals surface area contributed by atoms with Crippen LogP contribution in [0.25, 0.3) is 22.1 Å². The number of nitrogens with one attached hydrogen (secondary N) is 2. The Hall–Kier alpha value is -3.40. The van der Waals surface area contributed by atoms with Crippen LogP contribution in [0.3, 0.4) is 0 Å². The second kappa shape index (κ2) is 8.29. The number of aromatic amines is 2. The van der Waals surface area contributed by atoms with Gasteiger partial charge in [-0.2, -0.15) is 0 Å². The van der Waals surface area contributed by atoms with Crippen molar-refractivity contribution in [2.24, 2.45) is 0 Å². The third kappa shape index (κ3) is 4.30. The Kier molecular flexibility index (Phi) is 5.35. The molecule has 0 bridgehead atoms. The topological polar surface area (TPSA) is 57.4 Å². The summed E-state index contributed by atoms with van der Waals surface area (Å²) >= 11 is 0. The lowest BCUT2D eigenvalue weighted by Crippen LogP contribution is -1.85. The van der Waals surface area contributed by atoms with Gasteiger partial charge in [-0.3, -0.25) is 0 Å². The van der Waals surface area contributed by atoms with Gasteiger partial charge in [0.05, 0.1) is 22.1 Å². The van der Waals surface area contributed by atoms with Crippen molar-refractivity contribution in [1.82, 2.24) is 19.9 Å². The third-order valence-electron chi connectivity index (χ3n) is 3.24. The lowest BCUT2D eigenvalue weighted by molar-refractivity contribution is 1.39. The first-order valence-electron chi connectivity index (χ1n) is 7.70. The molecule has 0 atom stereocenters. The van der Waals surface area contributed by atoms with Crippen LogP contribution in [0, 0.1) is 0 Å². The second-order valence-corrected chi connectivity index (χ2v) is 4.97. The van der Waals surface area contributed by atoms with E-state index < -0.39 is 0 Å². The zero-order chi connectivity index (χ0) is 16.5. The molecule has 5 rings (SSSR count). The van der Waals surface area contributed by atoms with Crippen LogP contribution < -0.4 is 0 Å². The molecule has 5 aromatic rings. The average molecular weight is 314 g/mol. The Morgan fingerprint density at radius 3 is 0.917 bits per heavy atom. The first kappa shape index (κ1) is 15.5. The maximum absolute atomic E-state index is 4.52. The third-order valence-corrected chi connectivity index (χ3v) is 3.24. The van der Waals surface area contributed by atoms with E-state index in [-0.39, 0.29) is 0 Å². The van der Waals surface area contributed by atoms with Gasteiger partial charge >= 0.3 is 0 Å². The van der Waals surface area contributed by atoms with E-state index in [1.165, 1.54) is 0 Å². The van der Waals surface area contributed by atoms with Gasteiger partial charge in [-0.05, 0) is 48.5 Å². The number of hydrogen-bond acceptors (Lipinski definition) is 2. The standard InChI is InChI=1S/C12H8N2.2C4H5N/c1-2-6-10-9(5-1)13-11-7-3-4-8-12(11)14-10;2*1-2-4-5-3-1/h1-8H;2*1-5H. The molecular formula is C20H18N4. The van der Waals surface area contributed by atoms with E-state index in [4.69, 9.17) is 0 Å². The second-order valence-electron chi connectivity index (χ2n) is 4.97. The number of nitrogens with zero attached hydrogens (tertiary/aromatic N) is 2. The van der Waals surface area contributed by atoms with Crippen molar-refractivity contribution in [2.75, 3.05) is 0 Å². The predicted octanol–water partition coefficient (Wildman–Crippen LogP) is 4.81. The molecule has 0 aliphatic carbocycles.